The van der Waals surface area contributed by atoms with Gasteiger partial charge in [0, 0.05) is 30.0 Å². The van der Waals surface area contributed by atoms with Gasteiger partial charge in [-0.25, -0.2) is 0 Å². The standard InChI is InChI=1S/C17H19BrN2O4.ClH/c18-12-2-1-3-13(6-12)23-10-14-4-5-16(24-14)17(22)20-8-11-7-19-9-15(11)21;/h1-6,11,15,19,21H,7-10H2,(H,20,22);1H. The van der Waals surface area contributed by atoms with Crippen molar-refractivity contribution in [3.63, 3.8) is 0 Å². The van der Waals surface area contributed by atoms with Crippen LogP contribution in [0, 0.1) is 5.92 Å². The van der Waals surface area contributed by atoms with Crippen molar-refractivity contribution in [2.24, 2.45) is 5.92 Å². The van der Waals surface area contributed by atoms with Crippen molar-refractivity contribution in [1.82, 2.24) is 10.6 Å². The van der Waals surface area contributed by atoms with E-state index < -0.39 is 6.10 Å². The topological polar surface area (TPSA) is 83.7 Å². The lowest BCUT2D eigenvalue weighted by Gasteiger charge is -2.13. The van der Waals surface area contributed by atoms with E-state index >= 15 is 0 Å². The maximum atomic E-state index is 12.1. The Morgan fingerprint density at radius 3 is 2.92 bits per heavy atom. The lowest BCUT2D eigenvalue weighted by atomic mass is 10.1. The van der Waals surface area contributed by atoms with E-state index in [4.69, 9.17) is 9.15 Å². The Balaban J connectivity index is 0.00000225. The van der Waals surface area contributed by atoms with Gasteiger partial charge >= 0.3 is 0 Å². The van der Waals surface area contributed by atoms with Crippen LogP contribution < -0.4 is 15.4 Å². The molecule has 2 unspecified atom stereocenters. The molecule has 8 heteroatoms. The van der Waals surface area contributed by atoms with Crippen LogP contribution in [0.15, 0.2) is 45.3 Å². The van der Waals surface area contributed by atoms with Crippen molar-refractivity contribution in [1.29, 1.82) is 0 Å². The first-order valence-corrected chi connectivity index (χ1v) is 8.55. The third-order valence-corrected chi connectivity index (χ3v) is 4.38. The number of halogens is 2. The fourth-order valence-electron chi connectivity index (χ4n) is 2.53. The van der Waals surface area contributed by atoms with Crippen molar-refractivity contribution < 1.29 is 19.1 Å². The minimum absolute atomic E-state index is 0. The summed E-state index contributed by atoms with van der Waals surface area (Å²) in [5, 5.41) is 15.6. The highest BCUT2D eigenvalue weighted by Gasteiger charge is 2.25. The minimum Gasteiger partial charge on any atom is -0.486 e. The Kier molecular flexibility index (Phi) is 7.31. The molecule has 2 aromatic rings. The second kappa shape index (κ2) is 9.24. The van der Waals surface area contributed by atoms with Gasteiger partial charge < -0.3 is 24.9 Å². The number of carbonyl (C=O) groups excluding carboxylic acids is 1. The first kappa shape index (κ1) is 19.8. The predicted molar refractivity (Wildman–Crippen MR) is 99.1 cm³/mol. The first-order valence-electron chi connectivity index (χ1n) is 7.76. The van der Waals surface area contributed by atoms with Crippen LogP contribution in [0.3, 0.4) is 0 Å². The average Bonchev–Trinajstić information content (AvgIpc) is 3.20. The Morgan fingerprint density at radius 1 is 1.36 bits per heavy atom. The summed E-state index contributed by atoms with van der Waals surface area (Å²) in [6.07, 6.45) is -0.420. The van der Waals surface area contributed by atoms with Crippen LogP contribution in [0.4, 0.5) is 0 Å². The van der Waals surface area contributed by atoms with Crippen LogP contribution in [0.2, 0.25) is 0 Å². The zero-order chi connectivity index (χ0) is 16.9. The highest BCUT2D eigenvalue weighted by Crippen LogP contribution is 2.19. The number of β-amino-alcohol motifs (C(OH)–C–C–N with tert-alkyl or cyclic N) is 1. The monoisotopic (exact) mass is 430 g/mol. The van der Waals surface area contributed by atoms with Gasteiger partial charge in [-0.05, 0) is 30.3 Å². The van der Waals surface area contributed by atoms with Crippen LogP contribution in [0.5, 0.6) is 5.75 Å². The van der Waals surface area contributed by atoms with E-state index in [-0.39, 0.29) is 36.6 Å². The molecule has 0 aliphatic carbocycles. The van der Waals surface area contributed by atoms with E-state index in [0.29, 0.717) is 25.4 Å². The van der Waals surface area contributed by atoms with Crippen LogP contribution in [-0.2, 0) is 6.61 Å². The molecule has 1 aromatic carbocycles. The molecule has 6 nitrogen and oxygen atoms in total. The van der Waals surface area contributed by atoms with Crippen molar-refractivity contribution in [3.8, 4) is 5.75 Å². The third kappa shape index (κ3) is 5.47. The fourth-order valence-corrected chi connectivity index (χ4v) is 2.91. The number of nitrogens with one attached hydrogen (secondary N) is 2. The number of ether oxygens (including phenoxy) is 1. The van der Waals surface area contributed by atoms with Gasteiger partial charge in [0.05, 0.1) is 6.10 Å². The van der Waals surface area contributed by atoms with Crippen LogP contribution >= 0.6 is 28.3 Å². The van der Waals surface area contributed by atoms with Gasteiger partial charge in [0.2, 0.25) is 0 Å². The molecule has 2 atom stereocenters. The highest BCUT2D eigenvalue weighted by atomic mass is 79.9. The number of aliphatic hydroxyl groups excluding tert-OH is 1. The van der Waals surface area contributed by atoms with Gasteiger partial charge in [0.15, 0.2) is 5.76 Å². The van der Waals surface area contributed by atoms with Gasteiger partial charge in [-0.1, -0.05) is 22.0 Å². The van der Waals surface area contributed by atoms with E-state index in [1.807, 2.05) is 24.3 Å². The number of hydrogen-bond donors (Lipinski definition) is 3. The Hall–Kier alpha value is -1.54. The van der Waals surface area contributed by atoms with Gasteiger partial charge in [0.25, 0.3) is 5.91 Å². The Morgan fingerprint density at radius 2 is 2.20 bits per heavy atom. The molecule has 2 heterocycles. The van der Waals surface area contributed by atoms with E-state index in [0.717, 1.165) is 10.2 Å². The van der Waals surface area contributed by atoms with Gasteiger partial charge in [-0.15, -0.1) is 12.4 Å². The molecule has 1 aromatic heterocycles. The summed E-state index contributed by atoms with van der Waals surface area (Å²) in [4.78, 5) is 12.1. The molecule has 3 N–H and O–H groups in total. The number of benzene rings is 1. The van der Waals surface area contributed by atoms with Crippen LogP contribution in [0.25, 0.3) is 0 Å². The number of hydrogen-bond acceptors (Lipinski definition) is 5. The molecule has 0 saturated carbocycles. The predicted octanol–water partition coefficient (Wildman–Crippen LogP) is 2.35. The van der Waals surface area contributed by atoms with Gasteiger partial charge in [-0.2, -0.15) is 0 Å². The fraction of sp³-hybridized carbons (Fsp3) is 0.353. The number of furan rings is 1. The maximum absolute atomic E-state index is 12.1. The highest BCUT2D eigenvalue weighted by molar-refractivity contribution is 9.10. The van der Waals surface area contributed by atoms with Gasteiger partial charge in [0.1, 0.15) is 18.1 Å². The zero-order valence-electron chi connectivity index (χ0n) is 13.4. The first-order chi connectivity index (χ1) is 11.6. The summed E-state index contributed by atoms with van der Waals surface area (Å²) in [5.41, 5.74) is 0. The summed E-state index contributed by atoms with van der Waals surface area (Å²) >= 11 is 3.38. The maximum Gasteiger partial charge on any atom is 0.287 e. The number of amides is 1. The molecule has 1 aliphatic rings. The number of aliphatic hydroxyl groups is 1. The van der Waals surface area contributed by atoms with E-state index in [1.165, 1.54) is 0 Å². The molecule has 1 saturated heterocycles. The summed E-state index contributed by atoms with van der Waals surface area (Å²) in [5.74, 6) is 1.27. The van der Waals surface area contributed by atoms with E-state index in [2.05, 4.69) is 26.6 Å². The summed E-state index contributed by atoms with van der Waals surface area (Å²) < 4.78 is 12.1. The molecule has 1 aliphatic heterocycles. The lowest BCUT2D eigenvalue weighted by Crippen LogP contribution is -2.34. The Bertz CT molecular complexity index is 709. The Labute approximate surface area is 160 Å². The molecule has 1 amide bonds. The minimum atomic E-state index is -0.420. The molecule has 136 valence electrons. The normalized spacial score (nSPS) is 19.3. The van der Waals surface area contributed by atoms with Crippen molar-refractivity contribution in [2.75, 3.05) is 19.6 Å². The zero-order valence-corrected chi connectivity index (χ0v) is 15.8. The second-order valence-corrected chi connectivity index (χ2v) is 6.62. The van der Waals surface area contributed by atoms with Crippen molar-refractivity contribution >= 4 is 34.2 Å². The number of rotatable bonds is 6. The third-order valence-electron chi connectivity index (χ3n) is 3.89. The van der Waals surface area contributed by atoms with Crippen LogP contribution in [0.1, 0.15) is 16.3 Å². The van der Waals surface area contributed by atoms with Crippen molar-refractivity contribution in [2.45, 2.75) is 12.7 Å². The lowest BCUT2D eigenvalue weighted by molar-refractivity contribution is 0.0896. The van der Waals surface area contributed by atoms with Crippen LogP contribution in [-0.4, -0.2) is 36.8 Å². The molecular weight excluding hydrogens is 412 g/mol. The van der Waals surface area contributed by atoms with E-state index in [9.17, 15) is 9.90 Å². The number of carbonyl (C=O) groups is 1. The molecule has 0 bridgehead atoms. The SMILES string of the molecule is Cl.O=C(NCC1CNCC1O)c1ccc(COc2cccc(Br)c2)o1. The molecular formula is C17H20BrClN2O4. The molecule has 1 fully saturated rings. The quantitative estimate of drug-likeness (QED) is 0.654. The molecule has 0 spiro atoms. The smallest absolute Gasteiger partial charge is 0.287 e. The van der Waals surface area contributed by atoms with E-state index in [1.54, 1.807) is 12.1 Å². The summed E-state index contributed by atoms with van der Waals surface area (Å²) in [7, 11) is 0. The second-order valence-electron chi connectivity index (χ2n) is 5.71. The summed E-state index contributed by atoms with van der Waals surface area (Å²) in [6.45, 7) is 1.93. The molecule has 25 heavy (non-hydrogen) atoms. The van der Waals surface area contributed by atoms with Crippen molar-refractivity contribution in [3.05, 3.63) is 52.4 Å². The van der Waals surface area contributed by atoms with Gasteiger partial charge in [-0.3, -0.25) is 4.79 Å². The largest absolute Gasteiger partial charge is 0.486 e. The summed E-state index contributed by atoms with van der Waals surface area (Å²) in [6, 6.07) is 10.8. The average molecular weight is 432 g/mol. The molecule has 3 rings (SSSR count). The molecule has 0 radical (unpaired) electrons.